The molecule has 0 unspecified atom stereocenters. The van der Waals surface area contributed by atoms with Gasteiger partial charge in [0, 0.05) is 106 Å². The molecule has 0 fully saturated rings. The molecule has 0 heterocycles. The standard InChI is InChI=1S/C20H30N4O2.C19H36N4O2.C7H9N/c1-4-21-16(2)13-19(25)22-11-8-12-23-20(26)14-17(3)24-15-18-9-6-5-7-10-18;1-5-7-10-20-16(3)14-18(24)22-12-9-13-23-19(25)15-17(4)21-11-8-6-2;8-6-7-4-2-1-3-5-7/h5-7,9-10,13-14,21,24H,4,8,11-12,15H2,1-3H3,(H,22,25)(H,23,26);14-15,20-21H,5-13H2,1-4H3,(H,22,24)(H,23,25);1-5H,6,8H2/b16-13-,17-14-;16-14-,17-15-;. The second-order valence-corrected chi connectivity index (χ2v) is 13.8. The average molecular weight is 818 g/mol. The molecule has 0 saturated heterocycles. The van der Waals surface area contributed by atoms with Crippen molar-refractivity contribution in [3.8, 4) is 0 Å². The van der Waals surface area contributed by atoms with Crippen molar-refractivity contribution in [1.29, 1.82) is 0 Å². The topological polar surface area (TPSA) is 191 Å². The van der Waals surface area contributed by atoms with Crippen molar-refractivity contribution < 1.29 is 19.2 Å². The third-order valence-corrected chi connectivity index (χ3v) is 8.11. The molecule has 0 aliphatic carbocycles. The zero-order valence-electron chi connectivity index (χ0n) is 36.9. The molecule has 328 valence electrons. The van der Waals surface area contributed by atoms with Crippen molar-refractivity contribution in [3.05, 3.63) is 119 Å². The van der Waals surface area contributed by atoms with Crippen molar-refractivity contribution in [2.24, 2.45) is 5.73 Å². The van der Waals surface area contributed by atoms with Crippen LogP contribution in [0.1, 0.15) is 98.1 Å². The molecule has 0 spiro atoms. The normalized spacial score (nSPS) is 11.4. The van der Waals surface area contributed by atoms with Gasteiger partial charge in [-0.3, -0.25) is 19.2 Å². The lowest BCUT2D eigenvalue weighted by atomic mass is 10.2. The summed E-state index contributed by atoms with van der Waals surface area (Å²) in [5.41, 5.74) is 11.1. The molecule has 4 amide bonds. The predicted molar refractivity (Wildman–Crippen MR) is 243 cm³/mol. The molecular formula is C46H75N9O4. The minimum atomic E-state index is -0.141. The predicted octanol–water partition coefficient (Wildman–Crippen LogP) is 5.16. The number of allylic oxidation sites excluding steroid dienone is 4. The van der Waals surface area contributed by atoms with Gasteiger partial charge in [0.05, 0.1) is 0 Å². The van der Waals surface area contributed by atoms with Gasteiger partial charge < -0.3 is 48.3 Å². The Labute approximate surface area is 355 Å². The van der Waals surface area contributed by atoms with Gasteiger partial charge in [0.15, 0.2) is 0 Å². The summed E-state index contributed by atoms with van der Waals surface area (Å²) >= 11 is 0. The van der Waals surface area contributed by atoms with Crippen LogP contribution in [0.15, 0.2) is 108 Å². The van der Waals surface area contributed by atoms with Gasteiger partial charge in [-0.15, -0.1) is 0 Å². The van der Waals surface area contributed by atoms with Crippen LogP contribution < -0.4 is 48.3 Å². The Morgan fingerprint density at radius 2 is 0.763 bits per heavy atom. The van der Waals surface area contributed by atoms with Gasteiger partial charge in [-0.05, 0) is 71.4 Å². The highest BCUT2D eigenvalue weighted by molar-refractivity contribution is 5.89. The highest BCUT2D eigenvalue weighted by Crippen LogP contribution is 1.99. The highest BCUT2D eigenvalue weighted by Gasteiger charge is 2.02. The number of hydrogen-bond donors (Lipinski definition) is 9. The zero-order chi connectivity index (χ0) is 43.9. The van der Waals surface area contributed by atoms with Crippen LogP contribution in [0.5, 0.6) is 0 Å². The molecule has 59 heavy (non-hydrogen) atoms. The molecule has 2 aromatic carbocycles. The van der Waals surface area contributed by atoms with E-state index in [2.05, 4.69) is 56.4 Å². The Hall–Kier alpha value is -5.56. The van der Waals surface area contributed by atoms with Gasteiger partial charge in [0.25, 0.3) is 0 Å². The first-order valence-electron chi connectivity index (χ1n) is 21.0. The SMILES string of the molecule is CCCCN/C(C)=C\C(=O)NCCCNC(=O)/C=C(/C)NCCCC.CCN/C(C)=C\C(=O)NCCCNC(=O)/C=C(/C)NCc1ccccc1.NCc1ccccc1. The van der Waals surface area contributed by atoms with Crippen LogP contribution in [0.3, 0.4) is 0 Å². The summed E-state index contributed by atoms with van der Waals surface area (Å²) in [5.74, 6) is -0.486. The van der Waals surface area contributed by atoms with Gasteiger partial charge in [-0.2, -0.15) is 0 Å². The second-order valence-electron chi connectivity index (χ2n) is 13.8. The Bertz CT molecular complexity index is 1520. The number of hydrogen-bond acceptors (Lipinski definition) is 9. The number of carbonyl (C=O) groups excluding carboxylic acids is 4. The lowest BCUT2D eigenvalue weighted by molar-refractivity contribution is -0.117. The number of rotatable bonds is 26. The molecule has 0 aromatic heterocycles. The summed E-state index contributed by atoms with van der Waals surface area (Å²) in [6, 6.07) is 20.0. The van der Waals surface area contributed by atoms with Gasteiger partial charge in [-0.25, -0.2) is 0 Å². The van der Waals surface area contributed by atoms with E-state index >= 15 is 0 Å². The third kappa shape index (κ3) is 34.2. The van der Waals surface area contributed by atoms with Crippen LogP contribution in [0, 0.1) is 0 Å². The lowest BCUT2D eigenvalue weighted by Gasteiger charge is -2.08. The van der Waals surface area contributed by atoms with Crippen LogP contribution >= 0.6 is 0 Å². The van der Waals surface area contributed by atoms with Crippen LogP contribution in [0.25, 0.3) is 0 Å². The van der Waals surface area contributed by atoms with Crippen molar-refractivity contribution in [1.82, 2.24) is 42.5 Å². The minimum absolute atomic E-state index is 0.108. The average Bonchev–Trinajstić information content (AvgIpc) is 3.21. The fraction of sp³-hybridized carbons (Fsp3) is 0.478. The van der Waals surface area contributed by atoms with Crippen LogP contribution in [0.2, 0.25) is 0 Å². The molecule has 0 radical (unpaired) electrons. The van der Waals surface area contributed by atoms with Crippen molar-refractivity contribution in [2.45, 2.75) is 100 Å². The molecule has 0 aliphatic rings. The van der Waals surface area contributed by atoms with E-state index in [-0.39, 0.29) is 23.6 Å². The fourth-order valence-corrected chi connectivity index (χ4v) is 4.87. The van der Waals surface area contributed by atoms with E-state index in [1.807, 2.05) is 95.3 Å². The summed E-state index contributed by atoms with van der Waals surface area (Å²) in [5, 5.41) is 23.9. The number of nitrogens with one attached hydrogen (secondary N) is 8. The van der Waals surface area contributed by atoms with Crippen LogP contribution in [-0.4, -0.2) is 69.4 Å². The van der Waals surface area contributed by atoms with E-state index in [0.29, 0.717) is 52.1 Å². The highest BCUT2D eigenvalue weighted by atomic mass is 16.2. The third-order valence-electron chi connectivity index (χ3n) is 8.11. The van der Waals surface area contributed by atoms with Crippen molar-refractivity contribution in [3.63, 3.8) is 0 Å². The Morgan fingerprint density at radius 1 is 0.441 bits per heavy atom. The van der Waals surface area contributed by atoms with E-state index in [9.17, 15) is 19.2 Å². The molecule has 13 heteroatoms. The molecule has 2 rings (SSSR count). The van der Waals surface area contributed by atoms with Gasteiger partial charge in [0.2, 0.25) is 23.6 Å². The maximum atomic E-state index is 11.8. The summed E-state index contributed by atoms with van der Waals surface area (Å²) in [6.45, 7) is 19.7. The summed E-state index contributed by atoms with van der Waals surface area (Å²) in [7, 11) is 0. The summed E-state index contributed by atoms with van der Waals surface area (Å²) in [4.78, 5) is 46.9. The minimum Gasteiger partial charge on any atom is -0.389 e. The largest absolute Gasteiger partial charge is 0.389 e. The zero-order valence-corrected chi connectivity index (χ0v) is 36.9. The van der Waals surface area contributed by atoms with Gasteiger partial charge in [-0.1, -0.05) is 87.4 Å². The lowest BCUT2D eigenvalue weighted by Crippen LogP contribution is -2.29. The van der Waals surface area contributed by atoms with Gasteiger partial charge >= 0.3 is 0 Å². The molecule has 0 aliphatic heterocycles. The molecule has 0 bridgehead atoms. The monoisotopic (exact) mass is 818 g/mol. The first kappa shape index (κ1) is 53.4. The molecule has 0 saturated carbocycles. The van der Waals surface area contributed by atoms with Crippen LogP contribution in [0.4, 0.5) is 0 Å². The molecule has 10 N–H and O–H groups in total. The van der Waals surface area contributed by atoms with E-state index in [1.165, 1.54) is 11.6 Å². The molecule has 2 aromatic rings. The van der Waals surface area contributed by atoms with E-state index < -0.39 is 0 Å². The molecule has 0 atom stereocenters. The molecule has 13 nitrogen and oxygen atoms in total. The number of benzene rings is 2. The van der Waals surface area contributed by atoms with E-state index in [1.54, 1.807) is 18.2 Å². The Morgan fingerprint density at radius 3 is 1.08 bits per heavy atom. The number of nitrogens with two attached hydrogens (primary N) is 1. The maximum absolute atomic E-state index is 11.8. The number of amides is 4. The summed E-state index contributed by atoms with van der Waals surface area (Å²) in [6.07, 6.45) is 12.0. The first-order chi connectivity index (χ1) is 28.4. The molecular weight excluding hydrogens is 743 g/mol. The van der Waals surface area contributed by atoms with Gasteiger partial charge in [0.1, 0.15) is 0 Å². The smallest absolute Gasteiger partial charge is 0.245 e. The quantitative estimate of drug-likeness (QED) is 0.0457. The Kier molecular flexibility index (Phi) is 33.3. The van der Waals surface area contributed by atoms with Crippen LogP contribution in [-0.2, 0) is 32.3 Å². The van der Waals surface area contributed by atoms with Crippen molar-refractivity contribution in [2.75, 3.05) is 45.8 Å². The summed E-state index contributed by atoms with van der Waals surface area (Å²) < 4.78 is 0. The maximum Gasteiger partial charge on any atom is 0.245 e. The first-order valence-corrected chi connectivity index (χ1v) is 21.0. The van der Waals surface area contributed by atoms with E-state index in [0.717, 1.165) is 73.7 Å². The number of carbonyl (C=O) groups is 4. The Balaban J connectivity index is 0.000000957. The van der Waals surface area contributed by atoms with E-state index in [4.69, 9.17) is 5.73 Å². The number of unbranched alkanes of at least 4 members (excludes halogenated alkanes) is 2. The second kappa shape index (κ2) is 36.8. The fourth-order valence-electron chi connectivity index (χ4n) is 4.87. The van der Waals surface area contributed by atoms with Crippen molar-refractivity contribution >= 4 is 23.6 Å².